The Morgan fingerprint density at radius 3 is 2.19 bits per heavy atom. The SMILES string of the molecule is CC(C)C(=O)N1CC(C[S+]([O-])c2ccc(B3OC(C)(C)C(C)(C)O3)cc2)C1. The summed E-state index contributed by atoms with van der Waals surface area (Å²) in [5, 5.41) is 0. The number of hydrogen-bond acceptors (Lipinski definition) is 4. The largest absolute Gasteiger partial charge is 0.611 e. The lowest BCUT2D eigenvalue weighted by atomic mass is 9.79. The van der Waals surface area contributed by atoms with Crippen LogP contribution >= 0.6 is 0 Å². The average molecular weight is 391 g/mol. The van der Waals surface area contributed by atoms with Crippen LogP contribution in [0.15, 0.2) is 29.2 Å². The highest BCUT2D eigenvalue weighted by molar-refractivity contribution is 7.91. The molecule has 3 rings (SSSR count). The van der Waals surface area contributed by atoms with Crippen molar-refractivity contribution in [2.24, 2.45) is 11.8 Å². The van der Waals surface area contributed by atoms with Gasteiger partial charge in [0.2, 0.25) is 5.91 Å². The van der Waals surface area contributed by atoms with Crippen LogP contribution in [-0.4, -0.2) is 52.5 Å². The van der Waals surface area contributed by atoms with Crippen molar-refractivity contribution in [1.29, 1.82) is 0 Å². The van der Waals surface area contributed by atoms with Crippen LogP contribution in [-0.2, 0) is 25.3 Å². The Hall–Kier alpha value is -1.02. The molecule has 2 aliphatic rings. The molecule has 0 bridgehead atoms. The third kappa shape index (κ3) is 4.21. The van der Waals surface area contributed by atoms with Crippen molar-refractivity contribution in [3.05, 3.63) is 24.3 Å². The van der Waals surface area contributed by atoms with Crippen LogP contribution < -0.4 is 5.46 Å². The molecule has 148 valence electrons. The number of nitrogens with zero attached hydrogens (tertiary/aromatic N) is 1. The first-order chi connectivity index (χ1) is 12.5. The van der Waals surface area contributed by atoms with E-state index in [1.54, 1.807) is 0 Å². The van der Waals surface area contributed by atoms with E-state index in [9.17, 15) is 9.35 Å². The lowest BCUT2D eigenvalue weighted by Gasteiger charge is -2.39. The second-order valence-corrected chi connectivity index (χ2v) is 10.4. The lowest BCUT2D eigenvalue weighted by Crippen LogP contribution is -2.53. The Labute approximate surface area is 166 Å². The fourth-order valence-electron chi connectivity index (χ4n) is 3.29. The highest BCUT2D eigenvalue weighted by Gasteiger charge is 2.51. The quantitative estimate of drug-likeness (QED) is 0.570. The second-order valence-electron chi connectivity index (χ2n) is 8.93. The Morgan fingerprint density at radius 2 is 1.70 bits per heavy atom. The molecule has 1 aromatic rings. The summed E-state index contributed by atoms with van der Waals surface area (Å²) in [6.07, 6.45) is 0. The van der Waals surface area contributed by atoms with Gasteiger partial charge >= 0.3 is 7.12 Å². The van der Waals surface area contributed by atoms with E-state index in [1.807, 2.05) is 70.7 Å². The van der Waals surface area contributed by atoms with Gasteiger partial charge in [0, 0.05) is 24.9 Å². The number of carbonyl (C=O) groups excluding carboxylic acids is 1. The molecule has 2 fully saturated rings. The fraction of sp³-hybridized carbons (Fsp3) is 0.650. The van der Waals surface area contributed by atoms with Crippen LogP contribution in [0.1, 0.15) is 41.5 Å². The molecule has 1 aromatic carbocycles. The number of carbonyl (C=O) groups is 1. The zero-order chi connectivity index (χ0) is 20.0. The number of rotatable bonds is 5. The summed E-state index contributed by atoms with van der Waals surface area (Å²) >= 11 is -1.06. The summed E-state index contributed by atoms with van der Waals surface area (Å²) < 4.78 is 24.8. The zero-order valence-corrected chi connectivity index (χ0v) is 18.0. The maximum absolute atomic E-state index is 12.6. The molecule has 0 aliphatic carbocycles. The van der Waals surface area contributed by atoms with E-state index in [0.29, 0.717) is 11.7 Å². The molecule has 7 heteroatoms. The summed E-state index contributed by atoms with van der Waals surface area (Å²) in [4.78, 5) is 14.6. The van der Waals surface area contributed by atoms with Crippen molar-refractivity contribution in [3.8, 4) is 0 Å². The molecule has 0 saturated carbocycles. The third-order valence-corrected chi connectivity index (χ3v) is 7.39. The van der Waals surface area contributed by atoms with E-state index in [4.69, 9.17) is 9.31 Å². The van der Waals surface area contributed by atoms with Gasteiger partial charge in [-0.1, -0.05) is 26.0 Å². The van der Waals surface area contributed by atoms with E-state index >= 15 is 0 Å². The van der Waals surface area contributed by atoms with E-state index < -0.39 is 18.3 Å². The molecule has 1 amide bonds. The fourth-order valence-corrected chi connectivity index (χ4v) is 4.56. The Bertz CT molecular complexity index is 670. The molecule has 0 spiro atoms. The van der Waals surface area contributed by atoms with Gasteiger partial charge in [-0.25, -0.2) is 0 Å². The first-order valence-corrected chi connectivity index (χ1v) is 10.9. The van der Waals surface area contributed by atoms with Gasteiger partial charge < -0.3 is 18.8 Å². The maximum Gasteiger partial charge on any atom is 0.494 e. The van der Waals surface area contributed by atoms with Gasteiger partial charge in [0.1, 0.15) is 5.75 Å². The van der Waals surface area contributed by atoms with Crippen LogP contribution in [0.4, 0.5) is 0 Å². The van der Waals surface area contributed by atoms with Crippen molar-refractivity contribution in [3.63, 3.8) is 0 Å². The monoisotopic (exact) mass is 391 g/mol. The predicted molar refractivity (Wildman–Crippen MR) is 108 cm³/mol. The molecule has 0 radical (unpaired) electrons. The molecule has 1 unspecified atom stereocenters. The number of likely N-dealkylation sites (tertiary alicyclic amines) is 1. The van der Waals surface area contributed by atoms with Gasteiger partial charge in [0.05, 0.1) is 11.2 Å². The standard InChI is InChI=1S/C20H30BNO4S/c1-14(2)18(23)22-11-15(12-22)13-27(24)17-9-7-16(8-10-17)21-25-19(3,4)20(5,6)26-21/h7-10,14-15H,11-13H2,1-6H3. The maximum atomic E-state index is 12.6. The zero-order valence-electron chi connectivity index (χ0n) is 17.2. The van der Waals surface area contributed by atoms with Crippen LogP contribution in [0.3, 0.4) is 0 Å². The van der Waals surface area contributed by atoms with E-state index in [0.717, 1.165) is 23.4 Å². The van der Waals surface area contributed by atoms with E-state index in [2.05, 4.69) is 0 Å². The molecular formula is C20H30BNO4S. The summed E-state index contributed by atoms with van der Waals surface area (Å²) in [6, 6.07) is 7.66. The smallest absolute Gasteiger partial charge is 0.494 e. The minimum absolute atomic E-state index is 0.0268. The molecule has 5 nitrogen and oxygen atoms in total. The predicted octanol–water partition coefficient (Wildman–Crippen LogP) is 2.21. The molecular weight excluding hydrogens is 361 g/mol. The molecule has 27 heavy (non-hydrogen) atoms. The summed E-state index contributed by atoms with van der Waals surface area (Å²) in [6.45, 7) is 13.4. The van der Waals surface area contributed by atoms with Gasteiger partial charge in [-0.3, -0.25) is 4.79 Å². The van der Waals surface area contributed by atoms with Gasteiger partial charge in [-0.15, -0.1) is 0 Å². The van der Waals surface area contributed by atoms with Gasteiger partial charge in [0.15, 0.2) is 4.90 Å². The third-order valence-electron chi connectivity index (χ3n) is 5.82. The second kappa shape index (κ2) is 7.43. The Balaban J connectivity index is 1.55. The summed E-state index contributed by atoms with van der Waals surface area (Å²) in [7, 11) is -0.403. The van der Waals surface area contributed by atoms with Crippen molar-refractivity contribution in [1.82, 2.24) is 4.90 Å². The molecule has 0 aromatic heterocycles. The highest BCUT2D eigenvalue weighted by atomic mass is 32.2. The molecule has 1 atom stereocenters. The first kappa shape index (κ1) is 20.7. The normalized spacial score (nSPS) is 22.8. The molecule has 0 N–H and O–H groups in total. The topological polar surface area (TPSA) is 61.8 Å². The molecule has 2 saturated heterocycles. The van der Waals surface area contributed by atoms with Crippen molar-refractivity contribution < 1.29 is 18.7 Å². The van der Waals surface area contributed by atoms with Crippen LogP contribution in [0.5, 0.6) is 0 Å². The number of benzene rings is 1. The van der Waals surface area contributed by atoms with Gasteiger partial charge in [0.25, 0.3) is 0 Å². The highest BCUT2D eigenvalue weighted by Crippen LogP contribution is 2.36. The van der Waals surface area contributed by atoms with Crippen LogP contribution in [0.2, 0.25) is 0 Å². The Morgan fingerprint density at radius 1 is 1.19 bits per heavy atom. The lowest BCUT2D eigenvalue weighted by molar-refractivity contribution is -0.140. The van der Waals surface area contributed by atoms with E-state index in [-0.39, 0.29) is 23.0 Å². The first-order valence-electron chi connectivity index (χ1n) is 9.63. The number of hydrogen-bond donors (Lipinski definition) is 0. The average Bonchev–Trinajstić information content (AvgIpc) is 2.77. The molecule has 2 heterocycles. The number of amides is 1. The van der Waals surface area contributed by atoms with Crippen molar-refractivity contribution >= 4 is 29.7 Å². The van der Waals surface area contributed by atoms with E-state index in [1.165, 1.54) is 0 Å². The van der Waals surface area contributed by atoms with Crippen LogP contribution in [0.25, 0.3) is 0 Å². The minimum atomic E-state index is -1.06. The van der Waals surface area contributed by atoms with Gasteiger partial charge in [-0.05, 0) is 56.5 Å². The van der Waals surface area contributed by atoms with Crippen molar-refractivity contribution in [2.75, 3.05) is 18.8 Å². The summed E-state index contributed by atoms with van der Waals surface area (Å²) in [5.74, 6) is 1.12. The Kier molecular flexibility index (Phi) is 5.70. The van der Waals surface area contributed by atoms with Crippen molar-refractivity contribution in [2.45, 2.75) is 57.6 Å². The summed E-state index contributed by atoms with van der Waals surface area (Å²) in [5.41, 5.74) is 0.192. The van der Waals surface area contributed by atoms with Gasteiger partial charge in [-0.2, -0.15) is 0 Å². The van der Waals surface area contributed by atoms with Crippen LogP contribution in [0, 0.1) is 11.8 Å². The molecule has 2 aliphatic heterocycles. The minimum Gasteiger partial charge on any atom is -0.611 e.